The summed E-state index contributed by atoms with van der Waals surface area (Å²) in [6.45, 7) is 18.4. The first-order chi connectivity index (χ1) is 14.5. The molecule has 2 rings (SSSR count). The van der Waals surface area contributed by atoms with E-state index in [9.17, 15) is 0 Å². The molecule has 0 radical (unpaired) electrons. The van der Waals surface area contributed by atoms with Crippen molar-refractivity contribution < 1.29 is 0 Å². The van der Waals surface area contributed by atoms with E-state index in [1.54, 1.807) is 0 Å². The largest absolute Gasteiger partial charge is 0.390 e. The number of allylic oxidation sites excluding steroid dienone is 2. The Bertz CT molecular complexity index is 749. The standard InChI is InChI=1S/C26H40N4/c1-6-7-17-26(21(3)28-5)30-19-24-23(22(30)4)15-13-16-25(24)29-20(2)14-11-9-8-10-12-18-27/h6,13,15-16,26,28-29H,1-4,7-12,14,17-19,27H2,5H3. The van der Waals surface area contributed by atoms with Crippen LogP contribution in [0.1, 0.15) is 62.5 Å². The minimum absolute atomic E-state index is 0.192. The zero-order chi connectivity index (χ0) is 21.9. The van der Waals surface area contributed by atoms with Gasteiger partial charge in [0.25, 0.3) is 0 Å². The van der Waals surface area contributed by atoms with Gasteiger partial charge in [0, 0.05) is 47.5 Å². The number of hydrogen-bond acceptors (Lipinski definition) is 4. The van der Waals surface area contributed by atoms with E-state index in [1.807, 2.05) is 13.1 Å². The summed E-state index contributed by atoms with van der Waals surface area (Å²) in [4.78, 5) is 2.36. The molecule has 0 saturated carbocycles. The van der Waals surface area contributed by atoms with E-state index in [0.29, 0.717) is 0 Å². The van der Waals surface area contributed by atoms with Gasteiger partial charge >= 0.3 is 0 Å². The Labute approximate surface area is 183 Å². The van der Waals surface area contributed by atoms with Gasteiger partial charge in [-0.2, -0.15) is 0 Å². The lowest BCUT2D eigenvalue weighted by molar-refractivity contribution is 0.312. The van der Waals surface area contributed by atoms with Crippen molar-refractivity contribution in [2.45, 2.75) is 64.0 Å². The molecule has 1 unspecified atom stereocenters. The van der Waals surface area contributed by atoms with Gasteiger partial charge in [0.15, 0.2) is 0 Å². The summed E-state index contributed by atoms with van der Waals surface area (Å²) in [7, 11) is 1.93. The normalized spacial score (nSPS) is 13.7. The quantitative estimate of drug-likeness (QED) is 0.255. The lowest BCUT2D eigenvalue weighted by atomic mass is 10.1. The second-order valence-corrected chi connectivity index (χ2v) is 8.10. The molecule has 0 saturated heterocycles. The summed E-state index contributed by atoms with van der Waals surface area (Å²) in [6.07, 6.45) is 10.9. The summed E-state index contributed by atoms with van der Waals surface area (Å²) in [6, 6.07) is 6.60. The molecule has 4 heteroatoms. The van der Waals surface area contributed by atoms with Gasteiger partial charge in [0.1, 0.15) is 0 Å². The lowest BCUT2D eigenvalue weighted by Gasteiger charge is -2.32. The van der Waals surface area contributed by atoms with Crippen molar-refractivity contribution in [2.24, 2.45) is 5.73 Å². The molecule has 0 aromatic heterocycles. The van der Waals surface area contributed by atoms with Crippen LogP contribution in [0.15, 0.2) is 62.0 Å². The molecule has 4 N–H and O–H groups in total. The second kappa shape index (κ2) is 12.3. The van der Waals surface area contributed by atoms with Crippen LogP contribution >= 0.6 is 0 Å². The van der Waals surface area contributed by atoms with Gasteiger partial charge in [-0.25, -0.2) is 0 Å². The number of nitrogens with zero attached hydrogens (tertiary/aromatic N) is 1. The third kappa shape index (κ3) is 6.27. The number of anilines is 1. The van der Waals surface area contributed by atoms with Gasteiger partial charge in [-0.15, -0.1) is 6.58 Å². The second-order valence-electron chi connectivity index (χ2n) is 8.10. The number of benzene rings is 1. The van der Waals surface area contributed by atoms with E-state index in [0.717, 1.165) is 68.0 Å². The van der Waals surface area contributed by atoms with E-state index < -0.39 is 0 Å². The molecule has 1 aromatic rings. The Morgan fingerprint density at radius 1 is 1.20 bits per heavy atom. The van der Waals surface area contributed by atoms with Crippen LogP contribution < -0.4 is 16.4 Å². The van der Waals surface area contributed by atoms with Crippen molar-refractivity contribution >= 4 is 11.4 Å². The van der Waals surface area contributed by atoms with E-state index in [2.05, 4.69) is 60.0 Å². The third-order valence-corrected chi connectivity index (χ3v) is 5.90. The van der Waals surface area contributed by atoms with Crippen LogP contribution in [0.3, 0.4) is 0 Å². The van der Waals surface area contributed by atoms with Crippen LogP contribution in [-0.4, -0.2) is 24.5 Å². The number of hydrogen-bond donors (Lipinski definition) is 3. The van der Waals surface area contributed by atoms with E-state index in [-0.39, 0.29) is 6.04 Å². The summed E-state index contributed by atoms with van der Waals surface area (Å²) in [5.41, 5.74) is 12.4. The summed E-state index contributed by atoms with van der Waals surface area (Å²) < 4.78 is 0. The molecule has 30 heavy (non-hydrogen) atoms. The van der Waals surface area contributed by atoms with E-state index in [1.165, 1.54) is 30.4 Å². The SMILES string of the molecule is C=CCCC(C(=C)NC)N1Cc2c(NC(=C)CCCCCCCN)cccc2C1=C. The minimum atomic E-state index is 0.192. The van der Waals surface area contributed by atoms with Crippen LogP contribution in [0.25, 0.3) is 5.70 Å². The molecule has 0 aliphatic carbocycles. The summed E-state index contributed by atoms with van der Waals surface area (Å²) >= 11 is 0. The number of nitrogens with two attached hydrogens (primary N) is 1. The number of likely N-dealkylation sites (N-methyl/N-ethyl adjacent to an activating group) is 1. The van der Waals surface area contributed by atoms with Gasteiger partial charge in [0.05, 0.1) is 6.04 Å². The van der Waals surface area contributed by atoms with Gasteiger partial charge in [-0.3, -0.25) is 0 Å². The summed E-state index contributed by atoms with van der Waals surface area (Å²) in [5, 5.41) is 6.81. The number of nitrogens with one attached hydrogen (secondary N) is 2. The van der Waals surface area contributed by atoms with Crippen molar-refractivity contribution in [3.8, 4) is 0 Å². The van der Waals surface area contributed by atoms with Crippen molar-refractivity contribution in [2.75, 3.05) is 18.9 Å². The van der Waals surface area contributed by atoms with Gasteiger partial charge in [-0.05, 0) is 44.7 Å². The van der Waals surface area contributed by atoms with Crippen molar-refractivity contribution in [1.82, 2.24) is 10.2 Å². The van der Waals surface area contributed by atoms with Crippen LogP contribution in [0.4, 0.5) is 5.69 Å². The zero-order valence-corrected chi connectivity index (χ0v) is 18.8. The molecule has 1 aromatic carbocycles. The van der Waals surface area contributed by atoms with Crippen LogP contribution in [0.2, 0.25) is 0 Å². The highest BCUT2D eigenvalue weighted by Crippen LogP contribution is 2.39. The Morgan fingerprint density at radius 3 is 2.63 bits per heavy atom. The van der Waals surface area contributed by atoms with E-state index in [4.69, 9.17) is 5.73 Å². The molecule has 1 aliphatic heterocycles. The average molecular weight is 409 g/mol. The van der Waals surface area contributed by atoms with Crippen LogP contribution in [0.5, 0.6) is 0 Å². The highest BCUT2D eigenvalue weighted by Gasteiger charge is 2.30. The molecule has 1 heterocycles. The molecule has 1 aliphatic rings. The first-order valence-electron chi connectivity index (χ1n) is 11.2. The molecule has 4 nitrogen and oxygen atoms in total. The van der Waals surface area contributed by atoms with Crippen LogP contribution in [0, 0.1) is 0 Å². The Kier molecular flexibility index (Phi) is 9.75. The predicted octanol–water partition coefficient (Wildman–Crippen LogP) is 5.77. The van der Waals surface area contributed by atoms with Gasteiger partial charge in [-0.1, -0.05) is 57.2 Å². The maximum Gasteiger partial charge on any atom is 0.0688 e. The molecule has 0 fully saturated rings. The number of unbranched alkanes of at least 4 members (excludes halogenated alkanes) is 4. The summed E-state index contributed by atoms with van der Waals surface area (Å²) in [5.74, 6) is 0. The molecule has 1 atom stereocenters. The van der Waals surface area contributed by atoms with Gasteiger partial charge in [0.2, 0.25) is 0 Å². The third-order valence-electron chi connectivity index (χ3n) is 5.90. The Balaban J connectivity index is 2.02. The monoisotopic (exact) mass is 408 g/mol. The van der Waals surface area contributed by atoms with E-state index >= 15 is 0 Å². The predicted molar refractivity (Wildman–Crippen MR) is 132 cm³/mol. The molecule has 164 valence electrons. The average Bonchev–Trinajstić information content (AvgIpc) is 3.08. The zero-order valence-electron chi connectivity index (χ0n) is 18.8. The number of fused-ring (bicyclic) bond motifs is 1. The topological polar surface area (TPSA) is 53.3 Å². The highest BCUT2D eigenvalue weighted by atomic mass is 15.2. The Morgan fingerprint density at radius 2 is 1.93 bits per heavy atom. The number of rotatable bonds is 15. The first-order valence-corrected chi connectivity index (χ1v) is 11.2. The fourth-order valence-corrected chi connectivity index (χ4v) is 4.09. The molecule has 0 bridgehead atoms. The smallest absolute Gasteiger partial charge is 0.0688 e. The molecule has 0 amide bonds. The van der Waals surface area contributed by atoms with Crippen molar-refractivity contribution in [1.29, 1.82) is 0 Å². The van der Waals surface area contributed by atoms with Crippen LogP contribution in [-0.2, 0) is 6.54 Å². The maximum absolute atomic E-state index is 5.56. The first kappa shape index (κ1) is 23.8. The van der Waals surface area contributed by atoms with Gasteiger partial charge < -0.3 is 21.3 Å². The highest BCUT2D eigenvalue weighted by molar-refractivity contribution is 5.76. The molecular formula is C26H40N4. The minimum Gasteiger partial charge on any atom is -0.390 e. The van der Waals surface area contributed by atoms with Crippen molar-refractivity contribution in [3.05, 3.63) is 73.1 Å². The fraction of sp³-hybridized carbons (Fsp3) is 0.462. The fourth-order valence-electron chi connectivity index (χ4n) is 4.09. The maximum atomic E-state index is 5.56. The van der Waals surface area contributed by atoms with Crippen molar-refractivity contribution in [3.63, 3.8) is 0 Å². The Hall–Kier alpha value is -2.46. The lowest BCUT2D eigenvalue weighted by Crippen LogP contribution is -2.35. The molecule has 0 spiro atoms. The molecular weight excluding hydrogens is 368 g/mol.